The fourth-order valence-electron chi connectivity index (χ4n) is 3.10. The molecule has 1 aromatic carbocycles. The summed E-state index contributed by atoms with van der Waals surface area (Å²) >= 11 is 0. The van der Waals surface area contributed by atoms with E-state index in [0.29, 0.717) is 13.1 Å². The van der Waals surface area contributed by atoms with Gasteiger partial charge in [0.2, 0.25) is 0 Å². The molecular weight excluding hydrogens is 264 g/mol. The van der Waals surface area contributed by atoms with Gasteiger partial charge < -0.3 is 15.5 Å². The number of aliphatic hydroxyl groups excluding tert-OH is 2. The normalized spacial score (nSPS) is 25.9. The number of hydrogen-bond donors (Lipinski definition) is 3. The van der Waals surface area contributed by atoms with E-state index in [2.05, 4.69) is 48.3 Å². The molecule has 0 spiro atoms. The Labute approximate surface area is 127 Å². The van der Waals surface area contributed by atoms with Crippen molar-refractivity contribution >= 4 is 0 Å². The van der Waals surface area contributed by atoms with Crippen LogP contribution in [0.3, 0.4) is 0 Å². The maximum Gasteiger partial charge on any atom is 0.0938 e. The van der Waals surface area contributed by atoms with Gasteiger partial charge in [0.25, 0.3) is 0 Å². The van der Waals surface area contributed by atoms with Gasteiger partial charge in [-0.15, -0.1) is 0 Å². The van der Waals surface area contributed by atoms with Crippen molar-refractivity contribution in [2.75, 3.05) is 32.7 Å². The average Bonchev–Trinajstić information content (AvgIpc) is 2.78. The van der Waals surface area contributed by atoms with E-state index in [-0.39, 0.29) is 5.41 Å². The zero-order chi connectivity index (χ0) is 15.3. The quantitative estimate of drug-likeness (QED) is 0.656. The first-order valence-electron chi connectivity index (χ1n) is 7.90. The fraction of sp³-hybridized carbons (Fsp3) is 0.647. The van der Waals surface area contributed by atoms with Gasteiger partial charge in [-0.05, 0) is 18.5 Å². The van der Waals surface area contributed by atoms with Crippen molar-refractivity contribution < 1.29 is 10.2 Å². The first-order chi connectivity index (χ1) is 10.0. The highest BCUT2D eigenvalue weighted by molar-refractivity contribution is 5.26. The zero-order valence-corrected chi connectivity index (χ0v) is 13.1. The fourth-order valence-corrected chi connectivity index (χ4v) is 3.10. The standard InChI is InChI=1S/C17H28N2O2/c1-3-9-18-12-17(2,14-7-5-4-6-8-14)13-19-10-15(20)16(21)11-19/h4-8,15-16,18,20-21H,3,9-13H2,1-2H3. The summed E-state index contributed by atoms with van der Waals surface area (Å²) in [6.07, 6.45) is -0.117. The second-order valence-corrected chi connectivity index (χ2v) is 6.43. The Morgan fingerprint density at radius 2 is 1.81 bits per heavy atom. The number of aliphatic hydroxyl groups is 2. The number of benzene rings is 1. The van der Waals surface area contributed by atoms with Gasteiger partial charge in [-0.3, -0.25) is 4.90 Å². The summed E-state index contributed by atoms with van der Waals surface area (Å²) in [5, 5.41) is 23.0. The third-order valence-corrected chi connectivity index (χ3v) is 4.32. The first-order valence-corrected chi connectivity index (χ1v) is 7.90. The van der Waals surface area contributed by atoms with Gasteiger partial charge in [0.15, 0.2) is 0 Å². The number of β-amino-alcohol motifs (C(OH)–C–C–N with tert-alkyl or cyclic N) is 2. The molecule has 2 rings (SSSR count). The number of hydrogen-bond acceptors (Lipinski definition) is 4. The average molecular weight is 292 g/mol. The summed E-state index contributed by atoms with van der Waals surface area (Å²) in [5.74, 6) is 0. The Bertz CT molecular complexity index is 416. The van der Waals surface area contributed by atoms with Crippen LogP contribution in [0.5, 0.6) is 0 Å². The van der Waals surface area contributed by atoms with Crippen LogP contribution in [0.15, 0.2) is 30.3 Å². The van der Waals surface area contributed by atoms with Crippen molar-refractivity contribution in [2.45, 2.75) is 37.9 Å². The summed E-state index contributed by atoms with van der Waals surface area (Å²) < 4.78 is 0. The number of rotatable bonds is 7. The number of likely N-dealkylation sites (tertiary alicyclic amines) is 1. The minimum absolute atomic E-state index is 0.0276. The highest BCUT2D eigenvalue weighted by atomic mass is 16.3. The lowest BCUT2D eigenvalue weighted by Gasteiger charge is -2.34. The largest absolute Gasteiger partial charge is 0.389 e. The molecule has 1 saturated heterocycles. The van der Waals surface area contributed by atoms with Crippen LogP contribution in [0.25, 0.3) is 0 Å². The summed E-state index contributed by atoms with van der Waals surface area (Å²) in [6, 6.07) is 10.5. The van der Waals surface area contributed by atoms with Crippen LogP contribution in [0.1, 0.15) is 25.8 Å². The van der Waals surface area contributed by atoms with Gasteiger partial charge in [-0.2, -0.15) is 0 Å². The van der Waals surface area contributed by atoms with Crippen LogP contribution in [0, 0.1) is 0 Å². The van der Waals surface area contributed by atoms with E-state index in [1.54, 1.807) is 0 Å². The molecule has 1 aliphatic rings. The molecule has 21 heavy (non-hydrogen) atoms. The monoisotopic (exact) mass is 292 g/mol. The first kappa shape index (κ1) is 16.4. The molecule has 3 unspecified atom stereocenters. The van der Waals surface area contributed by atoms with Crippen LogP contribution in [0.4, 0.5) is 0 Å². The van der Waals surface area contributed by atoms with E-state index in [4.69, 9.17) is 0 Å². The Hall–Kier alpha value is -0.940. The number of nitrogens with zero attached hydrogens (tertiary/aromatic N) is 1. The summed E-state index contributed by atoms with van der Waals surface area (Å²) in [7, 11) is 0. The third kappa shape index (κ3) is 4.27. The van der Waals surface area contributed by atoms with E-state index in [1.807, 2.05) is 6.07 Å². The van der Waals surface area contributed by atoms with E-state index < -0.39 is 12.2 Å². The van der Waals surface area contributed by atoms with E-state index in [0.717, 1.165) is 26.1 Å². The van der Waals surface area contributed by atoms with Gasteiger partial charge in [-0.25, -0.2) is 0 Å². The molecule has 3 atom stereocenters. The van der Waals surface area contributed by atoms with Crippen molar-refractivity contribution in [1.29, 1.82) is 0 Å². The van der Waals surface area contributed by atoms with Crippen molar-refractivity contribution in [3.8, 4) is 0 Å². The van der Waals surface area contributed by atoms with E-state index in [1.165, 1.54) is 5.56 Å². The minimum atomic E-state index is -0.617. The Kier molecular flexibility index (Phi) is 5.76. The lowest BCUT2D eigenvalue weighted by atomic mass is 9.81. The summed E-state index contributed by atoms with van der Waals surface area (Å²) in [4.78, 5) is 2.16. The van der Waals surface area contributed by atoms with Crippen LogP contribution < -0.4 is 5.32 Å². The van der Waals surface area contributed by atoms with E-state index >= 15 is 0 Å². The molecular formula is C17H28N2O2. The van der Waals surface area contributed by atoms with Gasteiger partial charge in [0.05, 0.1) is 12.2 Å². The van der Waals surface area contributed by atoms with Crippen LogP contribution in [-0.4, -0.2) is 60.0 Å². The minimum Gasteiger partial charge on any atom is -0.389 e. The second kappa shape index (κ2) is 7.36. The molecule has 0 saturated carbocycles. The molecule has 1 heterocycles. The summed E-state index contributed by atoms with van der Waals surface area (Å²) in [6.45, 7) is 8.26. The van der Waals surface area contributed by atoms with Crippen molar-refractivity contribution in [1.82, 2.24) is 10.2 Å². The molecule has 1 fully saturated rings. The lowest BCUT2D eigenvalue weighted by Crippen LogP contribution is -2.45. The molecule has 0 aliphatic carbocycles. The van der Waals surface area contributed by atoms with Crippen LogP contribution >= 0.6 is 0 Å². The predicted molar refractivity (Wildman–Crippen MR) is 85.4 cm³/mol. The van der Waals surface area contributed by atoms with Gasteiger partial charge in [-0.1, -0.05) is 44.2 Å². The molecule has 4 heteroatoms. The molecule has 0 aromatic heterocycles. The molecule has 1 aromatic rings. The molecule has 1 aliphatic heterocycles. The van der Waals surface area contributed by atoms with Crippen molar-refractivity contribution in [3.63, 3.8) is 0 Å². The lowest BCUT2D eigenvalue weighted by molar-refractivity contribution is 0.0572. The maximum absolute atomic E-state index is 9.74. The number of nitrogens with one attached hydrogen (secondary N) is 1. The van der Waals surface area contributed by atoms with Gasteiger partial charge >= 0.3 is 0 Å². The van der Waals surface area contributed by atoms with Gasteiger partial charge in [0, 0.05) is 31.6 Å². The highest BCUT2D eigenvalue weighted by Crippen LogP contribution is 2.26. The molecule has 0 amide bonds. The Morgan fingerprint density at radius 1 is 1.19 bits per heavy atom. The molecule has 0 bridgehead atoms. The SMILES string of the molecule is CCCNCC(C)(CN1CC(O)C(O)C1)c1ccccc1. The topological polar surface area (TPSA) is 55.7 Å². The zero-order valence-electron chi connectivity index (χ0n) is 13.1. The van der Waals surface area contributed by atoms with Gasteiger partial charge in [0.1, 0.15) is 0 Å². The molecule has 4 nitrogen and oxygen atoms in total. The van der Waals surface area contributed by atoms with Crippen molar-refractivity contribution in [3.05, 3.63) is 35.9 Å². The smallest absolute Gasteiger partial charge is 0.0938 e. The molecule has 0 radical (unpaired) electrons. The Balaban J connectivity index is 2.08. The second-order valence-electron chi connectivity index (χ2n) is 6.43. The van der Waals surface area contributed by atoms with Crippen molar-refractivity contribution in [2.24, 2.45) is 0 Å². The third-order valence-electron chi connectivity index (χ3n) is 4.32. The maximum atomic E-state index is 9.74. The predicted octanol–water partition coefficient (Wildman–Crippen LogP) is 0.981. The van der Waals surface area contributed by atoms with Crippen LogP contribution in [-0.2, 0) is 5.41 Å². The van der Waals surface area contributed by atoms with Crippen LogP contribution in [0.2, 0.25) is 0 Å². The Morgan fingerprint density at radius 3 is 2.38 bits per heavy atom. The molecule has 118 valence electrons. The highest BCUT2D eigenvalue weighted by Gasteiger charge is 2.35. The van der Waals surface area contributed by atoms with E-state index in [9.17, 15) is 10.2 Å². The molecule has 3 N–H and O–H groups in total. The summed E-state index contributed by atoms with van der Waals surface area (Å²) in [5.41, 5.74) is 1.27.